The second-order valence-electron chi connectivity index (χ2n) is 3.66. The third-order valence-corrected chi connectivity index (χ3v) is 4.84. The van der Waals surface area contributed by atoms with Crippen LogP contribution in [0.1, 0.15) is 26.2 Å². The Bertz CT molecular complexity index is 327. The van der Waals surface area contributed by atoms with E-state index < -0.39 is 0 Å². The van der Waals surface area contributed by atoms with Gasteiger partial charge in [0, 0.05) is 0 Å². The van der Waals surface area contributed by atoms with Crippen LogP contribution in [-0.4, -0.2) is 4.58 Å². The first kappa shape index (κ1) is 14.5. The Kier molecular flexibility index (Phi) is 8.02. The Morgan fingerprint density at radius 2 is 2.18 bits per heavy atom. The summed E-state index contributed by atoms with van der Waals surface area (Å²) >= 11 is 3.86. The van der Waals surface area contributed by atoms with Gasteiger partial charge < -0.3 is 0 Å². The van der Waals surface area contributed by atoms with Crippen molar-refractivity contribution in [2.75, 3.05) is 0 Å². The maximum absolute atomic E-state index is 3.51. The van der Waals surface area contributed by atoms with E-state index in [1.165, 1.54) is 12.8 Å². The van der Waals surface area contributed by atoms with Gasteiger partial charge in [-0.3, -0.25) is 0 Å². The first-order valence-electron chi connectivity index (χ1n) is 5.97. The van der Waals surface area contributed by atoms with Gasteiger partial charge >= 0.3 is 0 Å². The number of allylic oxidation sites excluding steroid dienone is 6. The van der Waals surface area contributed by atoms with Crippen molar-refractivity contribution in [2.24, 2.45) is 0 Å². The quantitative estimate of drug-likeness (QED) is 0.602. The molecule has 1 aliphatic heterocycles. The van der Waals surface area contributed by atoms with E-state index >= 15 is 0 Å². The molecular formula is C15H20S2. The molecule has 92 valence electrons. The van der Waals surface area contributed by atoms with E-state index in [0.29, 0.717) is 4.58 Å². The molecule has 1 aliphatic carbocycles. The van der Waals surface area contributed by atoms with E-state index in [0.717, 1.165) is 6.42 Å². The molecule has 0 unspecified atom stereocenters. The minimum Gasteiger partial charge on any atom is -0.114 e. The molecule has 1 heterocycles. The van der Waals surface area contributed by atoms with Crippen LogP contribution in [0.5, 0.6) is 0 Å². The molecule has 0 aromatic heterocycles. The Labute approximate surface area is 114 Å². The van der Waals surface area contributed by atoms with Crippen LogP contribution in [0.15, 0.2) is 59.4 Å². The van der Waals surface area contributed by atoms with Crippen molar-refractivity contribution in [1.29, 1.82) is 0 Å². The van der Waals surface area contributed by atoms with Gasteiger partial charge in [-0.1, -0.05) is 50.0 Å². The lowest BCUT2D eigenvalue weighted by atomic mass is 10.1. The molecule has 0 aromatic carbocycles. The van der Waals surface area contributed by atoms with Gasteiger partial charge in [-0.15, -0.1) is 23.5 Å². The van der Waals surface area contributed by atoms with Gasteiger partial charge in [0.1, 0.15) is 0 Å². The first-order chi connectivity index (χ1) is 8.38. The molecule has 17 heavy (non-hydrogen) atoms. The molecule has 2 heteroatoms. The molecular weight excluding hydrogens is 244 g/mol. The van der Waals surface area contributed by atoms with E-state index in [9.17, 15) is 0 Å². The van der Waals surface area contributed by atoms with Crippen LogP contribution < -0.4 is 0 Å². The maximum atomic E-state index is 3.51. The fourth-order valence-corrected chi connectivity index (χ4v) is 3.65. The molecule has 0 saturated heterocycles. The van der Waals surface area contributed by atoms with Crippen molar-refractivity contribution in [1.82, 2.24) is 0 Å². The van der Waals surface area contributed by atoms with Gasteiger partial charge in [0.05, 0.1) is 4.58 Å². The molecule has 0 atom stereocenters. The third-order valence-electron chi connectivity index (χ3n) is 2.32. The summed E-state index contributed by atoms with van der Waals surface area (Å²) in [6.07, 6.45) is 16.1. The average molecular weight is 264 g/mol. The van der Waals surface area contributed by atoms with Crippen molar-refractivity contribution >= 4 is 23.5 Å². The lowest BCUT2D eigenvalue weighted by Gasteiger charge is -2.13. The number of thioether (sulfide) groups is 2. The summed E-state index contributed by atoms with van der Waals surface area (Å²) < 4.78 is 0.681. The van der Waals surface area contributed by atoms with Crippen LogP contribution in [0, 0.1) is 0 Å². The van der Waals surface area contributed by atoms with Crippen LogP contribution >= 0.6 is 23.5 Å². The highest BCUT2D eigenvalue weighted by Crippen LogP contribution is 2.40. The van der Waals surface area contributed by atoms with Gasteiger partial charge in [-0.25, -0.2) is 0 Å². The molecule has 0 saturated carbocycles. The maximum Gasteiger partial charge on any atom is 0.0797 e. The Hall–Kier alpha value is -0.600. The first-order valence-corrected chi connectivity index (χ1v) is 7.86. The van der Waals surface area contributed by atoms with Crippen molar-refractivity contribution in [3.05, 3.63) is 59.4 Å². The molecule has 0 aromatic rings. The smallest absolute Gasteiger partial charge is 0.0797 e. The molecule has 2 aliphatic rings. The minimum absolute atomic E-state index is 0.681. The fourth-order valence-electron chi connectivity index (χ4n) is 1.46. The highest BCUT2D eigenvalue weighted by Gasteiger charge is 2.16. The van der Waals surface area contributed by atoms with Crippen LogP contribution in [0.4, 0.5) is 0 Å². The Morgan fingerprint density at radius 3 is 2.65 bits per heavy atom. The lowest BCUT2D eigenvalue weighted by molar-refractivity contribution is 0.956. The number of hydrogen-bond acceptors (Lipinski definition) is 2. The van der Waals surface area contributed by atoms with Gasteiger partial charge in [0.25, 0.3) is 0 Å². The zero-order valence-corrected chi connectivity index (χ0v) is 12.0. The standard InChI is InChI=1S/C9H10S2.C6H10/c1-2-4-8(5-3-1)9-10-6-7-11-9;1-3-5-6-4-2/h1-2,4,6-7,9H,3,5H2;3,5-6H,1,4H2,2H3. The third kappa shape index (κ3) is 6.04. The Balaban J connectivity index is 0.000000209. The molecule has 0 fully saturated rings. The zero-order valence-electron chi connectivity index (χ0n) is 10.3. The summed E-state index contributed by atoms with van der Waals surface area (Å²) in [5, 5.41) is 4.38. The summed E-state index contributed by atoms with van der Waals surface area (Å²) in [6.45, 7) is 5.61. The molecule has 0 amide bonds. The van der Waals surface area contributed by atoms with Gasteiger partial charge in [-0.2, -0.15) is 0 Å². The van der Waals surface area contributed by atoms with E-state index in [2.05, 4.69) is 48.6 Å². The summed E-state index contributed by atoms with van der Waals surface area (Å²) in [6, 6.07) is 0. The summed E-state index contributed by atoms with van der Waals surface area (Å²) in [4.78, 5) is 0. The molecule has 2 rings (SSSR count). The van der Waals surface area contributed by atoms with Gasteiger partial charge in [0.15, 0.2) is 0 Å². The lowest BCUT2D eigenvalue weighted by Crippen LogP contribution is -1.99. The second kappa shape index (κ2) is 9.43. The van der Waals surface area contributed by atoms with Gasteiger partial charge in [0.2, 0.25) is 0 Å². The average Bonchev–Trinajstić information content (AvgIpc) is 2.92. The van der Waals surface area contributed by atoms with Crippen molar-refractivity contribution in [2.45, 2.75) is 30.8 Å². The van der Waals surface area contributed by atoms with Crippen LogP contribution in [-0.2, 0) is 0 Å². The van der Waals surface area contributed by atoms with E-state index in [4.69, 9.17) is 0 Å². The number of hydrogen-bond donors (Lipinski definition) is 0. The van der Waals surface area contributed by atoms with E-state index in [-0.39, 0.29) is 0 Å². The SMILES string of the molecule is C1=CCCC(C2SC=CS2)=C1.C=CC=CCC. The molecule has 0 nitrogen and oxygen atoms in total. The monoisotopic (exact) mass is 264 g/mol. The molecule has 0 bridgehead atoms. The summed E-state index contributed by atoms with van der Waals surface area (Å²) in [5.41, 5.74) is 1.59. The van der Waals surface area contributed by atoms with Crippen LogP contribution in [0.2, 0.25) is 0 Å². The molecule has 0 radical (unpaired) electrons. The zero-order chi connectivity index (χ0) is 12.3. The predicted molar refractivity (Wildman–Crippen MR) is 84.2 cm³/mol. The predicted octanol–water partition coefficient (Wildman–Crippen LogP) is 5.68. The van der Waals surface area contributed by atoms with Crippen LogP contribution in [0.3, 0.4) is 0 Å². The van der Waals surface area contributed by atoms with Crippen molar-refractivity contribution < 1.29 is 0 Å². The topological polar surface area (TPSA) is 0 Å². The minimum atomic E-state index is 0.681. The largest absolute Gasteiger partial charge is 0.114 e. The highest BCUT2D eigenvalue weighted by atomic mass is 32.2. The Morgan fingerprint density at radius 1 is 1.41 bits per heavy atom. The van der Waals surface area contributed by atoms with Crippen LogP contribution in [0.25, 0.3) is 0 Å². The van der Waals surface area contributed by atoms with Crippen molar-refractivity contribution in [3.63, 3.8) is 0 Å². The molecule has 0 N–H and O–H groups in total. The summed E-state index contributed by atoms with van der Waals surface area (Å²) in [5.74, 6) is 0. The van der Waals surface area contributed by atoms with Crippen molar-refractivity contribution in [3.8, 4) is 0 Å². The fraction of sp³-hybridized carbons (Fsp3) is 0.333. The second-order valence-corrected chi connectivity index (χ2v) is 5.99. The van der Waals surface area contributed by atoms with E-state index in [1.54, 1.807) is 11.6 Å². The highest BCUT2D eigenvalue weighted by molar-refractivity contribution is 8.22. The van der Waals surface area contributed by atoms with E-state index in [1.807, 2.05) is 29.6 Å². The van der Waals surface area contributed by atoms with Gasteiger partial charge in [-0.05, 0) is 35.7 Å². The normalized spacial score (nSPS) is 19.0. The molecule has 0 spiro atoms. The summed E-state index contributed by atoms with van der Waals surface area (Å²) in [7, 11) is 0. The number of rotatable bonds is 3.